The molecule has 18 heavy (non-hydrogen) atoms. The molecule has 0 bridgehead atoms. The molecule has 0 aliphatic rings. The molecule has 0 heterocycles. The minimum absolute atomic E-state index is 0.0838. The summed E-state index contributed by atoms with van der Waals surface area (Å²) in [6.45, 7) is 3.61. The average Bonchev–Trinajstić information content (AvgIpc) is 2.34. The Morgan fingerprint density at radius 1 is 1.11 bits per heavy atom. The van der Waals surface area contributed by atoms with E-state index in [0.717, 1.165) is 25.9 Å². The van der Waals surface area contributed by atoms with Gasteiger partial charge in [-0.3, -0.25) is 4.79 Å². The van der Waals surface area contributed by atoms with Crippen LogP contribution < -0.4 is 0 Å². The molecule has 0 amide bonds. The van der Waals surface area contributed by atoms with Crippen LogP contribution in [-0.4, -0.2) is 5.78 Å². The van der Waals surface area contributed by atoms with Crippen LogP contribution in [0.5, 0.6) is 0 Å². The van der Waals surface area contributed by atoms with Crippen LogP contribution in [0.1, 0.15) is 22.8 Å². The zero-order valence-corrected chi connectivity index (χ0v) is 11.8. The molecule has 0 aliphatic carbocycles. The maximum absolute atomic E-state index is 11.2. The van der Waals surface area contributed by atoms with Crippen molar-refractivity contribution in [3.05, 3.63) is 58.6 Å². The second-order valence-corrected chi connectivity index (χ2v) is 5.56. The minimum atomic E-state index is 0.0838. The Hall–Kier alpha value is -1.25. The first kappa shape index (κ1) is 13.2. The molecule has 0 unspecified atom stereocenters. The third kappa shape index (κ3) is 2.95. The number of aryl methyl sites for hydroxylation is 1. The highest BCUT2D eigenvalue weighted by Gasteiger charge is 2.06. The molecule has 3 heteroatoms. The van der Waals surface area contributed by atoms with E-state index in [2.05, 4.69) is 0 Å². The lowest BCUT2D eigenvalue weighted by atomic mass is 10.2. The molecule has 0 N–H and O–H groups in total. The van der Waals surface area contributed by atoms with Crippen LogP contribution in [0.4, 0.5) is 0 Å². The highest BCUT2D eigenvalue weighted by molar-refractivity contribution is 7.99. The Kier molecular flexibility index (Phi) is 4.10. The Labute approximate surface area is 116 Å². The van der Waals surface area contributed by atoms with Gasteiger partial charge in [-0.2, -0.15) is 0 Å². The lowest BCUT2D eigenvalue weighted by Gasteiger charge is -2.07. The summed E-state index contributed by atoms with van der Waals surface area (Å²) in [5.41, 5.74) is 1.89. The van der Waals surface area contributed by atoms with Gasteiger partial charge in [0, 0.05) is 15.4 Å². The van der Waals surface area contributed by atoms with E-state index in [4.69, 9.17) is 11.6 Å². The summed E-state index contributed by atoms with van der Waals surface area (Å²) in [6, 6.07) is 13.5. The lowest BCUT2D eigenvalue weighted by Crippen LogP contribution is -1.90. The van der Waals surface area contributed by atoms with E-state index in [1.165, 1.54) is 0 Å². The molecule has 2 aromatic rings. The smallest absolute Gasteiger partial charge is 0.159 e. The summed E-state index contributed by atoms with van der Waals surface area (Å²) >= 11 is 7.80. The number of hydrogen-bond acceptors (Lipinski definition) is 2. The number of carbonyl (C=O) groups excluding carboxylic acids is 1. The fourth-order valence-electron chi connectivity index (χ4n) is 1.62. The van der Waals surface area contributed by atoms with Gasteiger partial charge in [-0.1, -0.05) is 47.6 Å². The topological polar surface area (TPSA) is 17.1 Å². The van der Waals surface area contributed by atoms with Crippen molar-refractivity contribution in [2.24, 2.45) is 0 Å². The molecule has 92 valence electrons. The van der Waals surface area contributed by atoms with Gasteiger partial charge in [0.2, 0.25) is 0 Å². The van der Waals surface area contributed by atoms with Crippen LogP contribution in [-0.2, 0) is 0 Å². The molecule has 0 spiro atoms. The summed E-state index contributed by atoms with van der Waals surface area (Å²) in [4.78, 5) is 13.3. The van der Waals surface area contributed by atoms with Crippen molar-refractivity contribution in [2.75, 3.05) is 0 Å². The van der Waals surface area contributed by atoms with Crippen LogP contribution in [0.15, 0.2) is 52.3 Å². The van der Waals surface area contributed by atoms with Gasteiger partial charge in [-0.05, 0) is 37.6 Å². The Morgan fingerprint density at radius 2 is 1.78 bits per heavy atom. The third-order valence-electron chi connectivity index (χ3n) is 2.64. The number of benzene rings is 2. The molecule has 0 radical (unpaired) electrons. The van der Waals surface area contributed by atoms with Gasteiger partial charge in [-0.25, -0.2) is 0 Å². The van der Waals surface area contributed by atoms with Gasteiger partial charge < -0.3 is 0 Å². The fourth-order valence-corrected chi connectivity index (χ4v) is 2.86. The predicted octanol–water partition coefficient (Wildman–Crippen LogP) is 5.00. The largest absolute Gasteiger partial charge is 0.295 e. The Morgan fingerprint density at radius 3 is 2.33 bits per heavy atom. The van der Waals surface area contributed by atoms with Gasteiger partial charge in [0.25, 0.3) is 0 Å². The van der Waals surface area contributed by atoms with Crippen molar-refractivity contribution in [1.82, 2.24) is 0 Å². The van der Waals surface area contributed by atoms with Gasteiger partial charge in [-0.15, -0.1) is 0 Å². The van der Waals surface area contributed by atoms with E-state index in [0.29, 0.717) is 0 Å². The molecular formula is C15H13ClOS. The van der Waals surface area contributed by atoms with Crippen LogP contribution in [0.2, 0.25) is 5.02 Å². The summed E-state index contributed by atoms with van der Waals surface area (Å²) in [5, 5.41) is 0.760. The van der Waals surface area contributed by atoms with Crippen molar-refractivity contribution in [3.63, 3.8) is 0 Å². The maximum Gasteiger partial charge on any atom is 0.159 e. The van der Waals surface area contributed by atoms with Crippen molar-refractivity contribution < 1.29 is 4.79 Å². The van der Waals surface area contributed by atoms with Crippen LogP contribution >= 0.6 is 23.4 Å². The van der Waals surface area contributed by atoms with E-state index >= 15 is 0 Å². The molecule has 2 rings (SSSR count). The number of halogens is 1. The summed E-state index contributed by atoms with van der Waals surface area (Å²) in [7, 11) is 0. The first-order valence-corrected chi connectivity index (χ1v) is 6.81. The van der Waals surface area contributed by atoms with E-state index in [1.54, 1.807) is 18.7 Å². The van der Waals surface area contributed by atoms with E-state index in [1.807, 2.05) is 49.4 Å². The molecule has 0 atom stereocenters. The standard InChI is InChI=1S/C15H13ClOS/c1-10-4-3-5-14(16)15(10)18-13-8-6-12(7-9-13)11(2)17/h3-9H,1-2H3. The average molecular weight is 277 g/mol. The monoisotopic (exact) mass is 276 g/mol. The van der Waals surface area contributed by atoms with Gasteiger partial charge in [0.05, 0.1) is 5.02 Å². The molecule has 0 aromatic heterocycles. The van der Waals surface area contributed by atoms with Crippen LogP contribution in [0.25, 0.3) is 0 Å². The first-order chi connectivity index (χ1) is 8.58. The number of rotatable bonds is 3. The highest BCUT2D eigenvalue weighted by Crippen LogP contribution is 2.35. The number of carbonyl (C=O) groups is 1. The Bertz CT molecular complexity index is 555. The highest BCUT2D eigenvalue weighted by atomic mass is 35.5. The van der Waals surface area contributed by atoms with Gasteiger partial charge in [0.1, 0.15) is 0 Å². The van der Waals surface area contributed by atoms with Crippen molar-refractivity contribution >= 4 is 29.1 Å². The second-order valence-electron chi connectivity index (χ2n) is 4.07. The molecule has 0 fully saturated rings. The summed E-state index contributed by atoms with van der Waals surface area (Å²) in [6.07, 6.45) is 0. The number of Topliss-reactive ketones (excluding diaryl/α,β-unsaturated/α-hetero) is 1. The van der Waals surface area contributed by atoms with Crippen molar-refractivity contribution in [3.8, 4) is 0 Å². The summed E-state index contributed by atoms with van der Waals surface area (Å²) in [5.74, 6) is 0.0838. The first-order valence-electron chi connectivity index (χ1n) is 5.62. The zero-order valence-electron chi connectivity index (χ0n) is 10.2. The van der Waals surface area contributed by atoms with Gasteiger partial charge in [0.15, 0.2) is 5.78 Å². The van der Waals surface area contributed by atoms with E-state index < -0.39 is 0 Å². The molecule has 0 saturated heterocycles. The Balaban J connectivity index is 2.26. The van der Waals surface area contributed by atoms with Crippen LogP contribution in [0.3, 0.4) is 0 Å². The van der Waals surface area contributed by atoms with E-state index in [-0.39, 0.29) is 5.78 Å². The molecule has 0 saturated carbocycles. The van der Waals surface area contributed by atoms with Crippen LogP contribution in [0, 0.1) is 6.92 Å². The third-order valence-corrected chi connectivity index (χ3v) is 4.33. The SMILES string of the molecule is CC(=O)c1ccc(Sc2c(C)cccc2Cl)cc1. The normalized spacial score (nSPS) is 10.4. The molecule has 2 aromatic carbocycles. The number of hydrogen-bond donors (Lipinski definition) is 0. The fraction of sp³-hybridized carbons (Fsp3) is 0.133. The van der Waals surface area contributed by atoms with Gasteiger partial charge >= 0.3 is 0 Å². The zero-order chi connectivity index (χ0) is 13.1. The maximum atomic E-state index is 11.2. The predicted molar refractivity (Wildman–Crippen MR) is 76.8 cm³/mol. The second kappa shape index (κ2) is 5.59. The van der Waals surface area contributed by atoms with Crippen molar-refractivity contribution in [1.29, 1.82) is 0 Å². The van der Waals surface area contributed by atoms with E-state index in [9.17, 15) is 4.79 Å². The lowest BCUT2D eigenvalue weighted by molar-refractivity contribution is 0.101. The molecular weight excluding hydrogens is 264 g/mol. The number of ketones is 1. The summed E-state index contributed by atoms with van der Waals surface area (Å²) < 4.78 is 0. The molecule has 0 aliphatic heterocycles. The quantitative estimate of drug-likeness (QED) is 0.734. The minimum Gasteiger partial charge on any atom is -0.295 e. The van der Waals surface area contributed by atoms with Crippen molar-refractivity contribution in [2.45, 2.75) is 23.6 Å². The molecule has 1 nitrogen and oxygen atoms in total.